The minimum Gasteiger partial charge on any atom is -0.370 e. The van der Waals surface area contributed by atoms with Crippen LogP contribution in [0.1, 0.15) is 30.6 Å². The van der Waals surface area contributed by atoms with Gasteiger partial charge in [-0.2, -0.15) is 11.8 Å². The molecule has 0 aromatic carbocycles. The number of hydrogen-bond acceptors (Lipinski definition) is 4. The van der Waals surface area contributed by atoms with E-state index in [1.54, 1.807) is 6.20 Å². The van der Waals surface area contributed by atoms with E-state index in [-0.39, 0.29) is 5.91 Å². The van der Waals surface area contributed by atoms with E-state index < -0.39 is 0 Å². The van der Waals surface area contributed by atoms with Crippen LogP contribution >= 0.6 is 27.7 Å². The van der Waals surface area contributed by atoms with Gasteiger partial charge in [0.1, 0.15) is 5.82 Å². The molecule has 1 saturated heterocycles. The lowest BCUT2D eigenvalue weighted by Gasteiger charge is -2.32. The highest BCUT2D eigenvalue weighted by atomic mass is 79.9. The Morgan fingerprint density at radius 2 is 2.40 bits per heavy atom. The van der Waals surface area contributed by atoms with Crippen molar-refractivity contribution in [1.82, 2.24) is 9.88 Å². The zero-order chi connectivity index (χ0) is 14.5. The zero-order valence-corrected chi connectivity index (χ0v) is 14.3. The Kier molecular flexibility index (Phi) is 5.72. The third kappa shape index (κ3) is 3.67. The van der Waals surface area contributed by atoms with Crippen LogP contribution in [0, 0.1) is 0 Å². The van der Waals surface area contributed by atoms with E-state index in [1.165, 1.54) is 0 Å². The molecule has 4 nitrogen and oxygen atoms in total. The molecule has 1 aromatic rings. The summed E-state index contributed by atoms with van der Waals surface area (Å²) in [6, 6.07) is 1.86. The Morgan fingerprint density at radius 1 is 1.60 bits per heavy atom. The molecule has 0 bridgehead atoms. The van der Waals surface area contributed by atoms with Gasteiger partial charge in [0, 0.05) is 41.3 Å². The van der Waals surface area contributed by atoms with Gasteiger partial charge in [0.2, 0.25) is 0 Å². The van der Waals surface area contributed by atoms with Crippen molar-refractivity contribution in [3.63, 3.8) is 0 Å². The Morgan fingerprint density at radius 3 is 3.10 bits per heavy atom. The number of nitrogens with zero attached hydrogens (tertiary/aromatic N) is 2. The van der Waals surface area contributed by atoms with Crippen LogP contribution in [0.5, 0.6) is 0 Å². The summed E-state index contributed by atoms with van der Waals surface area (Å²) in [5.41, 5.74) is 0.656. The maximum Gasteiger partial charge on any atom is 0.257 e. The van der Waals surface area contributed by atoms with Crippen LogP contribution < -0.4 is 5.32 Å². The number of carbonyl (C=O) groups is 1. The number of carbonyl (C=O) groups excluding carboxylic acids is 1. The molecule has 1 aliphatic rings. The van der Waals surface area contributed by atoms with Crippen LogP contribution in [0.4, 0.5) is 5.82 Å². The molecule has 0 aliphatic carbocycles. The summed E-state index contributed by atoms with van der Waals surface area (Å²) >= 11 is 5.36. The number of rotatable bonds is 4. The lowest BCUT2D eigenvalue weighted by molar-refractivity contribution is 0.0761. The van der Waals surface area contributed by atoms with Gasteiger partial charge in [0.15, 0.2) is 0 Å². The van der Waals surface area contributed by atoms with Gasteiger partial charge < -0.3 is 10.2 Å². The van der Waals surface area contributed by atoms with Gasteiger partial charge in [-0.1, -0.05) is 6.92 Å². The number of amides is 1. The van der Waals surface area contributed by atoms with Crippen molar-refractivity contribution in [3.05, 3.63) is 22.3 Å². The summed E-state index contributed by atoms with van der Waals surface area (Å²) in [7, 11) is 0. The summed E-state index contributed by atoms with van der Waals surface area (Å²) in [5.74, 6) is 1.77. The normalized spacial score (nSPS) is 18.9. The number of anilines is 1. The van der Waals surface area contributed by atoms with Crippen LogP contribution in [-0.4, -0.2) is 46.4 Å². The minimum absolute atomic E-state index is 0.0773. The summed E-state index contributed by atoms with van der Waals surface area (Å²) in [6.07, 6.45) is 2.82. The molecule has 0 saturated carbocycles. The highest BCUT2D eigenvalue weighted by Crippen LogP contribution is 2.25. The van der Waals surface area contributed by atoms with Crippen molar-refractivity contribution in [3.8, 4) is 0 Å². The van der Waals surface area contributed by atoms with E-state index in [4.69, 9.17) is 0 Å². The second-order valence-corrected chi connectivity index (χ2v) is 7.06. The molecule has 2 rings (SSSR count). The summed E-state index contributed by atoms with van der Waals surface area (Å²) in [6.45, 7) is 6.58. The van der Waals surface area contributed by atoms with Crippen molar-refractivity contribution < 1.29 is 4.79 Å². The fourth-order valence-electron chi connectivity index (χ4n) is 2.23. The van der Waals surface area contributed by atoms with E-state index >= 15 is 0 Å². The van der Waals surface area contributed by atoms with Crippen molar-refractivity contribution in [1.29, 1.82) is 0 Å². The maximum atomic E-state index is 12.7. The first-order valence-corrected chi connectivity index (χ1v) is 8.80. The maximum absolute atomic E-state index is 12.7. The first-order valence-electron chi connectivity index (χ1n) is 6.96. The SMILES string of the molecule is CCNc1ncc(Br)cc1C(=O)N1CCSC(CC)C1. The molecule has 1 fully saturated rings. The molecule has 110 valence electrons. The van der Waals surface area contributed by atoms with Gasteiger partial charge in [-0.05, 0) is 35.3 Å². The average Bonchev–Trinajstić information content (AvgIpc) is 2.48. The Labute approximate surface area is 132 Å². The number of pyridine rings is 1. The molecule has 2 heterocycles. The Hall–Kier alpha value is -0.750. The third-order valence-corrected chi connectivity index (χ3v) is 5.12. The smallest absolute Gasteiger partial charge is 0.257 e. The van der Waals surface area contributed by atoms with Gasteiger partial charge in [-0.25, -0.2) is 4.98 Å². The topological polar surface area (TPSA) is 45.2 Å². The summed E-state index contributed by atoms with van der Waals surface area (Å²) in [5, 5.41) is 3.72. The van der Waals surface area contributed by atoms with Gasteiger partial charge in [-0.15, -0.1) is 0 Å². The van der Waals surface area contributed by atoms with Crippen LogP contribution in [0.15, 0.2) is 16.7 Å². The average molecular weight is 358 g/mol. The van der Waals surface area contributed by atoms with Gasteiger partial charge in [0.05, 0.1) is 5.56 Å². The number of aromatic nitrogens is 1. The largest absolute Gasteiger partial charge is 0.370 e. The number of nitrogens with one attached hydrogen (secondary N) is 1. The molecular formula is C14H20BrN3OS. The minimum atomic E-state index is 0.0773. The Balaban J connectivity index is 2.21. The van der Waals surface area contributed by atoms with Gasteiger partial charge >= 0.3 is 0 Å². The highest BCUT2D eigenvalue weighted by Gasteiger charge is 2.25. The summed E-state index contributed by atoms with van der Waals surface area (Å²) in [4.78, 5) is 19.0. The molecule has 1 amide bonds. The fraction of sp³-hybridized carbons (Fsp3) is 0.571. The van der Waals surface area contributed by atoms with Crippen LogP contribution in [-0.2, 0) is 0 Å². The van der Waals surface area contributed by atoms with Crippen LogP contribution in [0.3, 0.4) is 0 Å². The van der Waals surface area contributed by atoms with Gasteiger partial charge in [0.25, 0.3) is 5.91 Å². The zero-order valence-electron chi connectivity index (χ0n) is 11.9. The van der Waals surface area contributed by atoms with Crippen molar-refractivity contribution in [2.24, 2.45) is 0 Å². The second-order valence-electron chi connectivity index (χ2n) is 4.73. The molecule has 1 unspecified atom stereocenters. The lowest BCUT2D eigenvalue weighted by Crippen LogP contribution is -2.42. The first kappa shape index (κ1) is 15.6. The quantitative estimate of drug-likeness (QED) is 0.898. The molecular weight excluding hydrogens is 338 g/mol. The fourth-order valence-corrected chi connectivity index (χ4v) is 3.74. The number of hydrogen-bond donors (Lipinski definition) is 1. The first-order chi connectivity index (χ1) is 9.65. The molecule has 0 spiro atoms. The van der Waals surface area contributed by atoms with Crippen molar-refractivity contribution in [2.45, 2.75) is 25.5 Å². The molecule has 1 N–H and O–H groups in total. The van der Waals surface area contributed by atoms with Crippen LogP contribution in [0.2, 0.25) is 0 Å². The molecule has 1 atom stereocenters. The number of thioether (sulfide) groups is 1. The molecule has 20 heavy (non-hydrogen) atoms. The highest BCUT2D eigenvalue weighted by molar-refractivity contribution is 9.10. The standard InChI is InChI=1S/C14H20BrN3OS/c1-3-11-9-18(5-6-20-11)14(19)12-7-10(15)8-17-13(12)16-4-2/h7-8,11H,3-6,9H2,1-2H3,(H,16,17). The molecule has 6 heteroatoms. The van der Waals surface area contributed by atoms with E-state index in [0.29, 0.717) is 16.6 Å². The van der Waals surface area contributed by atoms with Gasteiger partial charge in [-0.3, -0.25) is 4.79 Å². The molecule has 1 aromatic heterocycles. The second kappa shape index (κ2) is 7.31. The predicted molar refractivity (Wildman–Crippen MR) is 88.5 cm³/mol. The van der Waals surface area contributed by atoms with Crippen LogP contribution in [0.25, 0.3) is 0 Å². The van der Waals surface area contributed by atoms with E-state index in [0.717, 1.165) is 36.3 Å². The summed E-state index contributed by atoms with van der Waals surface area (Å²) < 4.78 is 0.834. The predicted octanol–water partition coefficient (Wildman–Crippen LogP) is 3.24. The number of halogens is 1. The molecule has 1 aliphatic heterocycles. The lowest BCUT2D eigenvalue weighted by atomic mass is 10.2. The van der Waals surface area contributed by atoms with E-state index in [2.05, 4.69) is 33.2 Å². The van der Waals surface area contributed by atoms with E-state index in [9.17, 15) is 4.79 Å². The molecule has 0 radical (unpaired) electrons. The van der Waals surface area contributed by atoms with Crippen molar-refractivity contribution in [2.75, 3.05) is 30.7 Å². The van der Waals surface area contributed by atoms with E-state index in [1.807, 2.05) is 29.7 Å². The Bertz CT molecular complexity index is 483. The van der Waals surface area contributed by atoms with Crippen molar-refractivity contribution >= 4 is 39.4 Å². The monoisotopic (exact) mass is 357 g/mol. The third-order valence-electron chi connectivity index (χ3n) is 3.31.